The van der Waals surface area contributed by atoms with Crippen LogP contribution in [0.2, 0.25) is 0 Å². The van der Waals surface area contributed by atoms with E-state index in [2.05, 4.69) is 5.32 Å². The number of carboxylic acids is 1. The first-order valence-electron chi connectivity index (χ1n) is 6.37. The Labute approximate surface area is 108 Å². The lowest BCUT2D eigenvalue weighted by molar-refractivity contribution is -0.138. The van der Waals surface area contributed by atoms with Crippen molar-refractivity contribution < 1.29 is 14.7 Å². The number of hydrogen-bond donors (Lipinski definition) is 2. The van der Waals surface area contributed by atoms with Gasteiger partial charge in [-0.25, -0.2) is 4.79 Å². The van der Waals surface area contributed by atoms with Crippen LogP contribution in [0.1, 0.15) is 33.1 Å². The molecule has 0 spiro atoms. The van der Waals surface area contributed by atoms with E-state index in [-0.39, 0.29) is 18.4 Å². The predicted molar refractivity (Wildman–Crippen MR) is 69.4 cm³/mol. The highest BCUT2D eigenvalue weighted by atomic mass is 16.4. The van der Waals surface area contributed by atoms with Crippen LogP contribution in [0.25, 0.3) is 0 Å². The highest BCUT2D eigenvalue weighted by molar-refractivity contribution is 5.74. The van der Waals surface area contributed by atoms with Crippen LogP contribution in [0.15, 0.2) is 11.6 Å². The molecule has 0 bridgehead atoms. The number of rotatable bonds is 4. The van der Waals surface area contributed by atoms with Gasteiger partial charge < -0.3 is 15.3 Å². The van der Waals surface area contributed by atoms with Gasteiger partial charge in [0.05, 0.1) is 0 Å². The molecule has 0 radical (unpaired) electrons. The maximum atomic E-state index is 11.8. The van der Waals surface area contributed by atoms with Gasteiger partial charge in [-0.2, -0.15) is 0 Å². The summed E-state index contributed by atoms with van der Waals surface area (Å²) in [6, 6.07) is -0.0948. The quantitative estimate of drug-likeness (QED) is 0.752. The van der Waals surface area contributed by atoms with E-state index in [9.17, 15) is 9.59 Å². The molecule has 1 fully saturated rings. The van der Waals surface area contributed by atoms with Crippen LogP contribution in [-0.2, 0) is 4.79 Å². The Bertz CT molecular complexity index is 335. The number of nitrogens with zero attached hydrogens (tertiary/aromatic N) is 1. The lowest BCUT2D eigenvalue weighted by atomic mass is 9.95. The fourth-order valence-corrected chi connectivity index (χ4v) is 2.12. The lowest BCUT2D eigenvalue weighted by Gasteiger charge is -2.32. The number of carbonyl (C=O) groups excluding carboxylic acids is 1. The van der Waals surface area contributed by atoms with E-state index >= 15 is 0 Å². The number of hydrogen-bond acceptors (Lipinski definition) is 2. The van der Waals surface area contributed by atoms with Gasteiger partial charge in [0, 0.05) is 26.1 Å². The number of carboxylic acid groups (broad SMARTS) is 1. The average Bonchev–Trinajstić information content (AvgIpc) is 2.27. The minimum atomic E-state index is -0.785. The summed E-state index contributed by atoms with van der Waals surface area (Å²) in [6.45, 7) is 5.76. The molecular weight excluding hydrogens is 232 g/mol. The summed E-state index contributed by atoms with van der Waals surface area (Å²) in [4.78, 5) is 24.2. The molecule has 1 atom stereocenters. The third kappa shape index (κ3) is 5.21. The molecule has 18 heavy (non-hydrogen) atoms. The van der Waals surface area contributed by atoms with Crippen LogP contribution >= 0.6 is 0 Å². The van der Waals surface area contributed by atoms with Gasteiger partial charge in [0.15, 0.2) is 0 Å². The van der Waals surface area contributed by atoms with Crippen molar-refractivity contribution >= 4 is 12.0 Å². The highest BCUT2D eigenvalue weighted by Crippen LogP contribution is 2.19. The van der Waals surface area contributed by atoms with Crippen LogP contribution in [-0.4, -0.2) is 41.6 Å². The molecule has 0 aliphatic carbocycles. The topological polar surface area (TPSA) is 69.6 Å². The van der Waals surface area contributed by atoms with Crippen molar-refractivity contribution in [3.05, 3.63) is 11.6 Å². The highest BCUT2D eigenvalue weighted by Gasteiger charge is 2.24. The summed E-state index contributed by atoms with van der Waals surface area (Å²) < 4.78 is 0. The minimum Gasteiger partial charge on any atom is -0.481 e. The van der Waals surface area contributed by atoms with Crippen molar-refractivity contribution in [2.75, 3.05) is 19.6 Å². The number of urea groups is 1. The fraction of sp³-hybridized carbons (Fsp3) is 0.692. The molecule has 2 amide bonds. The molecule has 1 saturated heterocycles. The van der Waals surface area contributed by atoms with Crippen molar-refractivity contribution in [1.82, 2.24) is 10.2 Å². The second-order valence-corrected chi connectivity index (χ2v) is 5.02. The standard InChI is InChI=1S/C13H22N2O3/c1-10(2)5-6-14-13(18)15-7-3-4-11(9-15)8-12(16)17/h5,11H,3-4,6-9H2,1-2H3,(H,14,18)(H,16,17). The second-order valence-electron chi connectivity index (χ2n) is 5.02. The summed E-state index contributed by atoms with van der Waals surface area (Å²) >= 11 is 0. The Morgan fingerprint density at radius 1 is 1.44 bits per heavy atom. The molecule has 1 heterocycles. The van der Waals surface area contributed by atoms with Gasteiger partial charge in [0.1, 0.15) is 0 Å². The molecule has 0 aromatic carbocycles. The van der Waals surface area contributed by atoms with Crippen molar-refractivity contribution in [3.63, 3.8) is 0 Å². The molecule has 5 heteroatoms. The van der Waals surface area contributed by atoms with Crippen molar-refractivity contribution in [2.45, 2.75) is 33.1 Å². The molecule has 5 nitrogen and oxygen atoms in total. The summed E-state index contributed by atoms with van der Waals surface area (Å²) in [5.74, 6) is -0.697. The maximum absolute atomic E-state index is 11.8. The molecule has 2 N–H and O–H groups in total. The van der Waals surface area contributed by atoms with Gasteiger partial charge in [-0.05, 0) is 32.6 Å². The number of aliphatic carboxylic acids is 1. The zero-order valence-electron chi connectivity index (χ0n) is 11.1. The predicted octanol–water partition coefficient (Wildman–Crippen LogP) is 1.85. The average molecular weight is 254 g/mol. The SMILES string of the molecule is CC(C)=CCNC(=O)N1CCCC(CC(=O)O)C1. The zero-order chi connectivity index (χ0) is 13.5. The number of amides is 2. The number of likely N-dealkylation sites (tertiary alicyclic amines) is 1. The molecule has 0 aromatic rings. The Balaban J connectivity index is 2.38. The van der Waals surface area contributed by atoms with Crippen molar-refractivity contribution in [3.8, 4) is 0 Å². The summed E-state index contributed by atoms with van der Waals surface area (Å²) in [5, 5.41) is 11.6. The Kier molecular flexibility index (Phi) is 5.68. The molecule has 1 unspecified atom stereocenters. The summed E-state index contributed by atoms with van der Waals surface area (Å²) in [6.07, 6.45) is 3.88. The monoisotopic (exact) mass is 254 g/mol. The Morgan fingerprint density at radius 3 is 2.78 bits per heavy atom. The van der Waals surface area contributed by atoms with Crippen molar-refractivity contribution in [2.24, 2.45) is 5.92 Å². The largest absolute Gasteiger partial charge is 0.481 e. The van der Waals surface area contributed by atoms with Crippen LogP contribution in [0, 0.1) is 5.92 Å². The van der Waals surface area contributed by atoms with E-state index < -0.39 is 5.97 Å². The first-order valence-corrected chi connectivity index (χ1v) is 6.37. The third-order valence-electron chi connectivity index (χ3n) is 3.03. The van der Waals surface area contributed by atoms with E-state index in [0.29, 0.717) is 13.1 Å². The van der Waals surface area contributed by atoms with E-state index in [0.717, 1.165) is 25.0 Å². The molecule has 1 aliphatic heterocycles. The first kappa shape index (κ1) is 14.5. The third-order valence-corrected chi connectivity index (χ3v) is 3.03. The zero-order valence-corrected chi connectivity index (χ0v) is 11.1. The maximum Gasteiger partial charge on any atom is 0.317 e. The molecule has 1 rings (SSSR count). The van der Waals surface area contributed by atoms with E-state index in [4.69, 9.17) is 5.11 Å². The first-order chi connectivity index (χ1) is 8.49. The summed E-state index contributed by atoms with van der Waals surface area (Å²) in [5.41, 5.74) is 1.16. The van der Waals surface area contributed by atoms with Crippen LogP contribution in [0.3, 0.4) is 0 Å². The normalized spacial score (nSPS) is 19.2. The molecular formula is C13H22N2O3. The summed E-state index contributed by atoms with van der Waals surface area (Å²) in [7, 11) is 0. The minimum absolute atomic E-state index is 0.0884. The van der Waals surface area contributed by atoms with Crippen LogP contribution < -0.4 is 5.32 Å². The van der Waals surface area contributed by atoms with Crippen molar-refractivity contribution in [1.29, 1.82) is 0 Å². The number of nitrogens with one attached hydrogen (secondary N) is 1. The van der Waals surface area contributed by atoms with Gasteiger partial charge in [-0.15, -0.1) is 0 Å². The van der Waals surface area contributed by atoms with Gasteiger partial charge in [-0.1, -0.05) is 11.6 Å². The fourth-order valence-electron chi connectivity index (χ4n) is 2.12. The lowest BCUT2D eigenvalue weighted by Crippen LogP contribution is -2.45. The smallest absolute Gasteiger partial charge is 0.317 e. The molecule has 1 aliphatic rings. The molecule has 0 aromatic heterocycles. The number of carbonyl (C=O) groups is 2. The van der Waals surface area contributed by atoms with E-state index in [1.54, 1.807) is 4.90 Å². The number of allylic oxidation sites excluding steroid dienone is 1. The van der Waals surface area contributed by atoms with Gasteiger partial charge in [-0.3, -0.25) is 4.79 Å². The van der Waals surface area contributed by atoms with Crippen LogP contribution in [0.5, 0.6) is 0 Å². The molecule has 102 valence electrons. The number of piperidine rings is 1. The van der Waals surface area contributed by atoms with Gasteiger partial charge in [0.2, 0.25) is 0 Å². The van der Waals surface area contributed by atoms with Gasteiger partial charge >= 0.3 is 12.0 Å². The van der Waals surface area contributed by atoms with E-state index in [1.165, 1.54) is 0 Å². The van der Waals surface area contributed by atoms with E-state index in [1.807, 2.05) is 19.9 Å². The molecule has 0 saturated carbocycles. The van der Waals surface area contributed by atoms with Gasteiger partial charge in [0.25, 0.3) is 0 Å². The Morgan fingerprint density at radius 2 is 2.17 bits per heavy atom. The Hall–Kier alpha value is -1.52. The van der Waals surface area contributed by atoms with Crippen LogP contribution in [0.4, 0.5) is 4.79 Å². The second kappa shape index (κ2) is 7.03.